The van der Waals surface area contributed by atoms with Gasteiger partial charge in [0.1, 0.15) is 0 Å². The average Bonchev–Trinajstić information content (AvgIpc) is 3.16. The Labute approximate surface area is 178 Å². The first-order chi connectivity index (χ1) is 14.7. The topological polar surface area (TPSA) is 81.3 Å². The molecule has 0 saturated carbocycles. The maximum absolute atomic E-state index is 11.8. The molecule has 1 heterocycles. The molecule has 0 fully saturated rings. The zero-order valence-corrected chi connectivity index (χ0v) is 17.8. The Kier molecular flexibility index (Phi) is 7.89. The molecule has 1 aromatic heterocycles. The number of anilines is 1. The third kappa shape index (κ3) is 6.11. The Bertz CT molecular complexity index is 992. The Morgan fingerprint density at radius 2 is 1.93 bits per heavy atom. The maximum atomic E-state index is 11.8. The number of para-hydroxylation sites is 1. The van der Waals surface area contributed by atoms with Gasteiger partial charge in [-0.15, -0.1) is 0 Å². The zero-order chi connectivity index (χ0) is 21.2. The van der Waals surface area contributed by atoms with Gasteiger partial charge in [-0.3, -0.25) is 4.79 Å². The second-order valence-electron chi connectivity index (χ2n) is 7.23. The fourth-order valence-corrected chi connectivity index (χ4v) is 3.36. The molecule has 3 rings (SSSR count). The number of nitrogens with one attached hydrogen (secondary N) is 4. The van der Waals surface area contributed by atoms with Crippen molar-refractivity contribution in [3.63, 3.8) is 0 Å². The van der Waals surface area contributed by atoms with Crippen LogP contribution in [0.1, 0.15) is 37.8 Å². The van der Waals surface area contributed by atoms with Crippen molar-refractivity contribution in [1.29, 1.82) is 0 Å². The Hall–Kier alpha value is -3.28. The summed E-state index contributed by atoms with van der Waals surface area (Å²) in [6.07, 6.45) is 4.36. The number of carbonyl (C=O) groups excluding carboxylic acids is 1. The Balaban J connectivity index is 1.57. The van der Waals surface area contributed by atoms with E-state index in [0.717, 1.165) is 43.1 Å². The molecule has 3 aromatic rings. The van der Waals surface area contributed by atoms with Crippen molar-refractivity contribution < 1.29 is 4.79 Å². The fourth-order valence-electron chi connectivity index (χ4n) is 3.36. The number of fused-ring (bicyclic) bond motifs is 1. The predicted molar refractivity (Wildman–Crippen MR) is 125 cm³/mol. The van der Waals surface area contributed by atoms with E-state index in [2.05, 4.69) is 52.3 Å². The number of hydrogen-bond acceptors (Lipinski definition) is 2. The van der Waals surface area contributed by atoms with Crippen molar-refractivity contribution in [2.24, 2.45) is 4.99 Å². The first-order valence-electron chi connectivity index (χ1n) is 10.7. The quantitative estimate of drug-likeness (QED) is 0.318. The summed E-state index contributed by atoms with van der Waals surface area (Å²) in [7, 11) is 0. The Morgan fingerprint density at radius 1 is 1.07 bits per heavy atom. The van der Waals surface area contributed by atoms with Gasteiger partial charge in [0.05, 0.1) is 6.54 Å². The molecular weight excluding hydrogens is 374 g/mol. The van der Waals surface area contributed by atoms with Gasteiger partial charge in [-0.1, -0.05) is 37.3 Å². The second kappa shape index (κ2) is 11.0. The molecule has 0 bridgehead atoms. The third-order valence-electron chi connectivity index (χ3n) is 4.81. The van der Waals surface area contributed by atoms with E-state index in [9.17, 15) is 4.79 Å². The molecule has 0 aliphatic heterocycles. The van der Waals surface area contributed by atoms with E-state index < -0.39 is 0 Å². The van der Waals surface area contributed by atoms with Crippen molar-refractivity contribution in [3.05, 3.63) is 65.9 Å². The maximum Gasteiger partial charge on any atom is 0.224 e. The molecule has 0 atom stereocenters. The van der Waals surface area contributed by atoms with Crippen LogP contribution in [0.15, 0.2) is 59.7 Å². The molecule has 6 heteroatoms. The molecule has 0 spiro atoms. The summed E-state index contributed by atoms with van der Waals surface area (Å²) >= 11 is 0. The zero-order valence-electron chi connectivity index (χ0n) is 17.8. The minimum absolute atomic E-state index is 0.0467. The first-order valence-corrected chi connectivity index (χ1v) is 10.7. The van der Waals surface area contributed by atoms with Crippen LogP contribution in [-0.2, 0) is 17.8 Å². The number of benzene rings is 2. The van der Waals surface area contributed by atoms with Gasteiger partial charge in [-0.25, -0.2) is 4.99 Å². The van der Waals surface area contributed by atoms with Gasteiger partial charge in [0.2, 0.25) is 5.91 Å². The second-order valence-corrected chi connectivity index (χ2v) is 7.23. The first kappa shape index (κ1) is 21.4. The van der Waals surface area contributed by atoms with E-state index in [-0.39, 0.29) is 5.91 Å². The number of aliphatic imine (C=N–C) groups is 1. The SMILES string of the molecule is CCCC(=O)Nc1cccc(CN=C(NCC)NCCc2c[nH]c3ccccc23)c1. The third-order valence-corrected chi connectivity index (χ3v) is 4.81. The summed E-state index contributed by atoms with van der Waals surface area (Å²) in [5, 5.41) is 10.9. The molecular formula is C24H31N5O. The van der Waals surface area contributed by atoms with Crippen LogP contribution in [0.2, 0.25) is 0 Å². The molecule has 1 amide bonds. The van der Waals surface area contributed by atoms with Gasteiger partial charge in [0.15, 0.2) is 5.96 Å². The van der Waals surface area contributed by atoms with E-state index in [0.29, 0.717) is 13.0 Å². The summed E-state index contributed by atoms with van der Waals surface area (Å²) < 4.78 is 0. The number of rotatable bonds is 9. The lowest BCUT2D eigenvalue weighted by Gasteiger charge is -2.11. The summed E-state index contributed by atoms with van der Waals surface area (Å²) in [5.74, 6) is 0.836. The van der Waals surface area contributed by atoms with Crippen LogP contribution in [0, 0.1) is 0 Å². The summed E-state index contributed by atoms with van der Waals surface area (Å²) in [6.45, 7) is 6.19. The number of aromatic amines is 1. The van der Waals surface area contributed by atoms with Crippen molar-refractivity contribution in [3.8, 4) is 0 Å². The highest BCUT2D eigenvalue weighted by Gasteiger charge is 2.05. The normalized spacial score (nSPS) is 11.5. The van der Waals surface area contributed by atoms with E-state index in [1.54, 1.807) is 0 Å². The lowest BCUT2D eigenvalue weighted by molar-refractivity contribution is -0.116. The van der Waals surface area contributed by atoms with Crippen LogP contribution in [-0.4, -0.2) is 29.9 Å². The van der Waals surface area contributed by atoms with Crippen LogP contribution in [0.4, 0.5) is 5.69 Å². The van der Waals surface area contributed by atoms with Crippen molar-refractivity contribution in [2.45, 2.75) is 39.7 Å². The lowest BCUT2D eigenvalue weighted by atomic mass is 10.1. The van der Waals surface area contributed by atoms with Crippen molar-refractivity contribution in [2.75, 3.05) is 18.4 Å². The predicted octanol–water partition coefficient (Wildman–Crippen LogP) is 4.20. The smallest absolute Gasteiger partial charge is 0.224 e. The van der Waals surface area contributed by atoms with Gasteiger partial charge in [-0.2, -0.15) is 0 Å². The number of hydrogen-bond donors (Lipinski definition) is 4. The van der Waals surface area contributed by atoms with Crippen molar-refractivity contribution in [1.82, 2.24) is 15.6 Å². The number of guanidine groups is 1. The lowest BCUT2D eigenvalue weighted by Crippen LogP contribution is -2.38. The number of H-pyrrole nitrogens is 1. The molecule has 0 radical (unpaired) electrons. The van der Waals surface area contributed by atoms with E-state index in [1.165, 1.54) is 16.5 Å². The van der Waals surface area contributed by atoms with Gasteiger partial charge in [-0.05, 0) is 49.1 Å². The van der Waals surface area contributed by atoms with Gasteiger partial charge in [0.25, 0.3) is 0 Å². The Morgan fingerprint density at radius 3 is 2.77 bits per heavy atom. The molecule has 158 valence electrons. The van der Waals surface area contributed by atoms with E-state index in [1.807, 2.05) is 37.3 Å². The molecule has 0 unspecified atom stereocenters. The molecule has 0 aliphatic rings. The highest BCUT2D eigenvalue weighted by molar-refractivity contribution is 5.90. The average molecular weight is 406 g/mol. The highest BCUT2D eigenvalue weighted by Crippen LogP contribution is 2.17. The minimum Gasteiger partial charge on any atom is -0.361 e. The van der Waals surface area contributed by atoms with Crippen LogP contribution < -0.4 is 16.0 Å². The monoisotopic (exact) mass is 405 g/mol. The van der Waals surface area contributed by atoms with Crippen molar-refractivity contribution >= 4 is 28.5 Å². The largest absolute Gasteiger partial charge is 0.361 e. The fraction of sp³-hybridized carbons (Fsp3) is 0.333. The summed E-state index contributed by atoms with van der Waals surface area (Å²) in [6, 6.07) is 16.2. The minimum atomic E-state index is 0.0467. The number of aromatic nitrogens is 1. The standard InChI is InChI=1S/C24H31N5O/c1-3-8-23(30)29-20-10-7-9-18(15-20)16-28-24(25-4-2)26-14-13-19-17-27-22-12-6-5-11-21(19)22/h5-7,9-12,15,17,27H,3-4,8,13-14,16H2,1-2H3,(H,29,30)(H2,25,26,28). The van der Waals surface area contributed by atoms with E-state index >= 15 is 0 Å². The van der Waals surface area contributed by atoms with Gasteiger partial charge < -0.3 is 20.9 Å². The molecule has 0 aliphatic carbocycles. The molecule has 2 aromatic carbocycles. The molecule has 6 nitrogen and oxygen atoms in total. The summed E-state index contributed by atoms with van der Waals surface area (Å²) in [4.78, 5) is 19.8. The number of amides is 1. The molecule has 30 heavy (non-hydrogen) atoms. The highest BCUT2D eigenvalue weighted by atomic mass is 16.1. The van der Waals surface area contributed by atoms with Crippen LogP contribution in [0.5, 0.6) is 0 Å². The van der Waals surface area contributed by atoms with Crippen LogP contribution in [0.25, 0.3) is 10.9 Å². The van der Waals surface area contributed by atoms with E-state index in [4.69, 9.17) is 4.99 Å². The number of nitrogens with zero attached hydrogens (tertiary/aromatic N) is 1. The van der Waals surface area contributed by atoms with Gasteiger partial charge >= 0.3 is 0 Å². The number of carbonyl (C=O) groups is 1. The van der Waals surface area contributed by atoms with Crippen LogP contribution in [0.3, 0.4) is 0 Å². The molecule has 0 saturated heterocycles. The summed E-state index contributed by atoms with van der Waals surface area (Å²) in [5.41, 5.74) is 4.33. The molecule has 4 N–H and O–H groups in total. The van der Waals surface area contributed by atoms with Crippen LogP contribution >= 0.6 is 0 Å². The van der Waals surface area contributed by atoms with Gasteiger partial charge in [0, 0.05) is 42.3 Å².